The SMILES string of the molecule is Cc1ccc(S(=O)(=O)N(C)Cc2ccc(C(=O)N[C@H](C)c3ccccc3)o2)cc1. The van der Waals surface area contributed by atoms with E-state index >= 15 is 0 Å². The number of carbonyl (C=O) groups excluding carboxylic acids is 1. The molecule has 0 aliphatic carbocycles. The first-order valence-electron chi connectivity index (χ1n) is 9.25. The lowest BCUT2D eigenvalue weighted by Gasteiger charge is -2.16. The Morgan fingerprint density at radius 1 is 1.03 bits per heavy atom. The third-order valence-corrected chi connectivity index (χ3v) is 6.46. The van der Waals surface area contributed by atoms with Gasteiger partial charge in [0.2, 0.25) is 10.0 Å². The van der Waals surface area contributed by atoms with Crippen LogP contribution in [0.15, 0.2) is 76.0 Å². The van der Waals surface area contributed by atoms with Gasteiger partial charge in [0.15, 0.2) is 5.76 Å². The van der Waals surface area contributed by atoms with Crippen LogP contribution in [0, 0.1) is 6.92 Å². The Morgan fingerprint density at radius 3 is 2.34 bits per heavy atom. The maximum atomic E-state index is 12.7. The number of hydrogen-bond acceptors (Lipinski definition) is 4. The largest absolute Gasteiger partial charge is 0.455 e. The Balaban J connectivity index is 1.66. The average Bonchev–Trinajstić information content (AvgIpc) is 3.17. The third kappa shape index (κ3) is 4.93. The number of nitrogens with one attached hydrogen (secondary N) is 1. The molecule has 6 nitrogen and oxygen atoms in total. The van der Waals surface area contributed by atoms with Crippen molar-refractivity contribution >= 4 is 15.9 Å². The van der Waals surface area contributed by atoms with Crippen molar-refractivity contribution < 1.29 is 17.6 Å². The van der Waals surface area contributed by atoms with Crippen LogP contribution >= 0.6 is 0 Å². The molecule has 1 atom stereocenters. The van der Waals surface area contributed by atoms with Crippen molar-refractivity contribution in [2.45, 2.75) is 31.3 Å². The molecule has 0 bridgehead atoms. The normalized spacial score (nSPS) is 12.7. The van der Waals surface area contributed by atoms with E-state index in [-0.39, 0.29) is 29.1 Å². The maximum absolute atomic E-state index is 12.7. The minimum atomic E-state index is -3.65. The average molecular weight is 413 g/mol. The smallest absolute Gasteiger partial charge is 0.287 e. The maximum Gasteiger partial charge on any atom is 0.287 e. The molecule has 0 unspecified atom stereocenters. The van der Waals surface area contributed by atoms with Crippen LogP contribution in [0.5, 0.6) is 0 Å². The zero-order valence-corrected chi connectivity index (χ0v) is 17.4. The molecule has 0 saturated heterocycles. The molecule has 1 heterocycles. The van der Waals surface area contributed by atoms with E-state index in [0.717, 1.165) is 11.1 Å². The summed E-state index contributed by atoms with van der Waals surface area (Å²) >= 11 is 0. The Bertz CT molecular complexity index is 1070. The first-order valence-corrected chi connectivity index (χ1v) is 10.7. The van der Waals surface area contributed by atoms with E-state index in [4.69, 9.17) is 4.42 Å². The molecule has 0 spiro atoms. The Kier molecular flexibility index (Phi) is 6.20. The van der Waals surface area contributed by atoms with Crippen LogP contribution in [0.2, 0.25) is 0 Å². The molecule has 0 fully saturated rings. The summed E-state index contributed by atoms with van der Waals surface area (Å²) in [5.41, 5.74) is 1.97. The number of nitrogens with zero attached hydrogens (tertiary/aromatic N) is 1. The number of amides is 1. The molecule has 0 aliphatic rings. The Labute approximate surface area is 171 Å². The van der Waals surface area contributed by atoms with Gasteiger partial charge in [-0.15, -0.1) is 0 Å². The van der Waals surface area contributed by atoms with Gasteiger partial charge >= 0.3 is 0 Å². The van der Waals surface area contributed by atoms with Gasteiger partial charge in [-0.05, 0) is 43.7 Å². The summed E-state index contributed by atoms with van der Waals surface area (Å²) in [5.74, 6) is 0.182. The van der Waals surface area contributed by atoms with Crippen LogP contribution < -0.4 is 5.32 Å². The van der Waals surface area contributed by atoms with E-state index in [2.05, 4.69) is 5.32 Å². The second-order valence-corrected chi connectivity index (χ2v) is 8.99. The van der Waals surface area contributed by atoms with Gasteiger partial charge in [-0.3, -0.25) is 4.79 Å². The molecule has 3 aromatic rings. The Morgan fingerprint density at radius 2 is 1.69 bits per heavy atom. The molecule has 1 N–H and O–H groups in total. The van der Waals surface area contributed by atoms with Gasteiger partial charge in [0.25, 0.3) is 5.91 Å². The molecule has 3 rings (SSSR count). The van der Waals surface area contributed by atoms with Crippen molar-refractivity contribution in [1.82, 2.24) is 9.62 Å². The monoisotopic (exact) mass is 412 g/mol. The lowest BCUT2D eigenvalue weighted by molar-refractivity contribution is 0.0909. The number of rotatable bonds is 7. The fourth-order valence-electron chi connectivity index (χ4n) is 2.87. The number of sulfonamides is 1. The fourth-order valence-corrected chi connectivity index (χ4v) is 4.01. The molecular weight excluding hydrogens is 388 g/mol. The van der Waals surface area contributed by atoms with Gasteiger partial charge < -0.3 is 9.73 Å². The predicted molar refractivity (Wildman–Crippen MR) is 111 cm³/mol. The number of hydrogen-bond donors (Lipinski definition) is 1. The van der Waals surface area contributed by atoms with E-state index in [1.807, 2.05) is 44.2 Å². The lowest BCUT2D eigenvalue weighted by Crippen LogP contribution is -2.27. The molecule has 0 aliphatic heterocycles. The zero-order valence-electron chi connectivity index (χ0n) is 16.6. The molecule has 1 aromatic heterocycles. The highest BCUT2D eigenvalue weighted by atomic mass is 32.2. The van der Waals surface area contributed by atoms with Crippen molar-refractivity contribution in [2.24, 2.45) is 0 Å². The third-order valence-electron chi connectivity index (χ3n) is 4.64. The highest BCUT2D eigenvalue weighted by Crippen LogP contribution is 2.19. The van der Waals surface area contributed by atoms with E-state index in [0.29, 0.717) is 5.76 Å². The lowest BCUT2D eigenvalue weighted by atomic mass is 10.1. The van der Waals surface area contributed by atoms with E-state index in [1.54, 1.807) is 36.4 Å². The van der Waals surface area contributed by atoms with E-state index in [9.17, 15) is 13.2 Å². The van der Waals surface area contributed by atoms with Crippen LogP contribution in [-0.4, -0.2) is 25.7 Å². The summed E-state index contributed by atoms with van der Waals surface area (Å²) in [5, 5.41) is 2.88. The zero-order chi connectivity index (χ0) is 21.0. The van der Waals surface area contributed by atoms with Crippen LogP contribution in [0.4, 0.5) is 0 Å². The number of furan rings is 1. The summed E-state index contributed by atoms with van der Waals surface area (Å²) < 4.78 is 32.2. The molecule has 0 radical (unpaired) electrons. The second kappa shape index (κ2) is 8.63. The van der Waals surface area contributed by atoms with E-state index < -0.39 is 10.0 Å². The van der Waals surface area contributed by atoms with Crippen LogP contribution in [-0.2, 0) is 16.6 Å². The minimum Gasteiger partial charge on any atom is -0.455 e. The van der Waals surface area contributed by atoms with Crippen LogP contribution in [0.1, 0.15) is 40.4 Å². The van der Waals surface area contributed by atoms with Crippen molar-refractivity contribution in [3.63, 3.8) is 0 Å². The van der Waals surface area contributed by atoms with Crippen molar-refractivity contribution in [2.75, 3.05) is 7.05 Å². The quantitative estimate of drug-likeness (QED) is 0.638. The van der Waals surface area contributed by atoms with Gasteiger partial charge in [0.05, 0.1) is 17.5 Å². The standard InChI is InChI=1S/C22H24N2O4S/c1-16-9-12-20(13-10-16)29(26,27)24(3)15-19-11-14-21(28-19)22(25)23-17(2)18-7-5-4-6-8-18/h4-14,17H,15H2,1-3H3,(H,23,25)/t17-/m1/s1. The molecular formula is C22H24N2O4S. The second-order valence-electron chi connectivity index (χ2n) is 6.95. The van der Waals surface area contributed by atoms with Crippen LogP contribution in [0.3, 0.4) is 0 Å². The van der Waals surface area contributed by atoms with Gasteiger partial charge in [-0.25, -0.2) is 8.42 Å². The van der Waals surface area contributed by atoms with Gasteiger partial charge in [0.1, 0.15) is 5.76 Å². The Hall–Kier alpha value is -2.90. The minimum absolute atomic E-state index is 0.0255. The van der Waals surface area contributed by atoms with Gasteiger partial charge in [-0.1, -0.05) is 48.0 Å². The molecule has 0 saturated carbocycles. The highest BCUT2D eigenvalue weighted by Gasteiger charge is 2.23. The van der Waals surface area contributed by atoms with Crippen LogP contribution in [0.25, 0.3) is 0 Å². The topological polar surface area (TPSA) is 79.6 Å². The number of benzene rings is 2. The van der Waals surface area contributed by atoms with Gasteiger partial charge in [0, 0.05) is 7.05 Å². The molecule has 2 aromatic carbocycles. The predicted octanol–water partition coefficient (Wildman–Crippen LogP) is 3.90. The number of carbonyl (C=O) groups is 1. The van der Waals surface area contributed by atoms with Gasteiger partial charge in [-0.2, -0.15) is 4.31 Å². The first-order chi connectivity index (χ1) is 13.8. The highest BCUT2D eigenvalue weighted by molar-refractivity contribution is 7.89. The fraction of sp³-hybridized carbons (Fsp3) is 0.227. The van der Waals surface area contributed by atoms with Crippen molar-refractivity contribution in [1.29, 1.82) is 0 Å². The first kappa shape index (κ1) is 20.8. The summed E-state index contributed by atoms with van der Waals surface area (Å²) in [6, 6.07) is 19.2. The van der Waals surface area contributed by atoms with Crippen molar-refractivity contribution in [3.8, 4) is 0 Å². The molecule has 29 heavy (non-hydrogen) atoms. The summed E-state index contributed by atoms with van der Waals surface area (Å²) in [6.45, 7) is 3.81. The van der Waals surface area contributed by atoms with Crippen molar-refractivity contribution in [3.05, 3.63) is 89.4 Å². The summed E-state index contributed by atoms with van der Waals surface area (Å²) in [6.07, 6.45) is 0. The number of aryl methyl sites for hydroxylation is 1. The summed E-state index contributed by atoms with van der Waals surface area (Å²) in [4.78, 5) is 12.7. The molecule has 7 heteroatoms. The molecule has 152 valence electrons. The molecule has 1 amide bonds. The van der Waals surface area contributed by atoms with E-state index in [1.165, 1.54) is 11.4 Å². The summed E-state index contributed by atoms with van der Waals surface area (Å²) in [7, 11) is -2.17.